The number of nitrogens with one attached hydrogen (secondary N) is 2. The Morgan fingerprint density at radius 1 is 1.29 bits per heavy atom. The van der Waals surface area contributed by atoms with E-state index >= 15 is 0 Å². The van der Waals surface area contributed by atoms with E-state index in [2.05, 4.69) is 15.3 Å². The number of hydrogen-bond acceptors (Lipinski definition) is 4. The Morgan fingerprint density at radius 3 is 2.82 bits per heavy atom. The standard InChI is InChI=1S/C20H22N4O3S/c1-13-11-15-12-14(7-8-18(15)24(13)28(2,26)27)20(25)21-10-9-19-22-16-5-3-4-6-17(16)23-19/h3-8,12-13H,9-11H2,1-2H3,(H,21,25)(H,22,23). The highest BCUT2D eigenvalue weighted by Gasteiger charge is 2.32. The van der Waals surface area contributed by atoms with Gasteiger partial charge >= 0.3 is 0 Å². The minimum Gasteiger partial charge on any atom is -0.352 e. The SMILES string of the molecule is CC1Cc2cc(C(=O)NCCc3nc4ccccc4[nH]3)ccc2N1S(C)(=O)=O. The summed E-state index contributed by atoms with van der Waals surface area (Å²) in [4.78, 5) is 20.2. The summed E-state index contributed by atoms with van der Waals surface area (Å²) in [5.74, 6) is 0.650. The number of hydrogen-bond donors (Lipinski definition) is 2. The van der Waals surface area contributed by atoms with Gasteiger partial charge in [0.15, 0.2) is 0 Å². The van der Waals surface area contributed by atoms with E-state index in [4.69, 9.17) is 0 Å². The third-order valence-corrected chi connectivity index (χ3v) is 6.21. The van der Waals surface area contributed by atoms with Crippen molar-refractivity contribution in [3.8, 4) is 0 Å². The number of aromatic amines is 1. The van der Waals surface area contributed by atoms with Crippen molar-refractivity contribution in [3.63, 3.8) is 0 Å². The Balaban J connectivity index is 1.42. The molecule has 2 N–H and O–H groups in total. The van der Waals surface area contributed by atoms with Crippen LogP contribution in [0.3, 0.4) is 0 Å². The molecule has 2 aromatic carbocycles. The van der Waals surface area contributed by atoms with Gasteiger partial charge in [-0.15, -0.1) is 0 Å². The molecule has 28 heavy (non-hydrogen) atoms. The van der Waals surface area contributed by atoms with E-state index in [1.54, 1.807) is 18.2 Å². The van der Waals surface area contributed by atoms with Crippen molar-refractivity contribution in [1.82, 2.24) is 15.3 Å². The lowest BCUT2D eigenvalue weighted by atomic mass is 10.1. The van der Waals surface area contributed by atoms with Crippen molar-refractivity contribution in [1.29, 1.82) is 0 Å². The molecule has 1 aliphatic heterocycles. The second-order valence-electron chi connectivity index (χ2n) is 7.16. The van der Waals surface area contributed by atoms with Crippen molar-refractivity contribution in [2.24, 2.45) is 0 Å². The van der Waals surface area contributed by atoms with E-state index in [0.717, 1.165) is 22.4 Å². The smallest absolute Gasteiger partial charge is 0.251 e. The van der Waals surface area contributed by atoms with Crippen LogP contribution in [0.15, 0.2) is 42.5 Å². The number of fused-ring (bicyclic) bond motifs is 2. The molecule has 0 spiro atoms. The minimum atomic E-state index is -3.33. The van der Waals surface area contributed by atoms with Crippen LogP contribution in [-0.4, -0.2) is 43.1 Å². The largest absolute Gasteiger partial charge is 0.352 e. The van der Waals surface area contributed by atoms with Gasteiger partial charge in [-0.25, -0.2) is 13.4 Å². The molecule has 2 heterocycles. The molecule has 1 amide bonds. The molecule has 0 radical (unpaired) electrons. The molecule has 0 fully saturated rings. The van der Waals surface area contributed by atoms with Gasteiger partial charge in [-0.05, 0) is 49.2 Å². The normalized spacial score (nSPS) is 16.4. The average Bonchev–Trinajstić information content (AvgIpc) is 3.19. The first kappa shape index (κ1) is 18.5. The van der Waals surface area contributed by atoms with E-state index in [-0.39, 0.29) is 11.9 Å². The molecular weight excluding hydrogens is 376 g/mol. The number of H-pyrrole nitrogens is 1. The summed E-state index contributed by atoms with van der Waals surface area (Å²) >= 11 is 0. The van der Waals surface area contributed by atoms with E-state index in [1.807, 2.05) is 31.2 Å². The van der Waals surface area contributed by atoms with Gasteiger partial charge in [0.1, 0.15) is 5.82 Å². The molecule has 7 nitrogen and oxygen atoms in total. The van der Waals surface area contributed by atoms with Crippen LogP contribution in [0.25, 0.3) is 11.0 Å². The molecule has 1 atom stereocenters. The van der Waals surface area contributed by atoms with Crippen molar-refractivity contribution in [2.75, 3.05) is 17.1 Å². The lowest BCUT2D eigenvalue weighted by Gasteiger charge is -2.21. The van der Waals surface area contributed by atoms with E-state index in [1.165, 1.54) is 10.6 Å². The lowest BCUT2D eigenvalue weighted by Crippen LogP contribution is -2.34. The molecule has 1 aliphatic rings. The maximum absolute atomic E-state index is 12.5. The van der Waals surface area contributed by atoms with Crippen LogP contribution in [-0.2, 0) is 22.9 Å². The van der Waals surface area contributed by atoms with Gasteiger partial charge in [-0.2, -0.15) is 0 Å². The zero-order valence-electron chi connectivity index (χ0n) is 15.8. The maximum Gasteiger partial charge on any atom is 0.251 e. The topological polar surface area (TPSA) is 95.2 Å². The molecule has 0 saturated carbocycles. The summed E-state index contributed by atoms with van der Waals surface area (Å²) in [5, 5.41) is 2.90. The van der Waals surface area contributed by atoms with Crippen LogP contribution >= 0.6 is 0 Å². The van der Waals surface area contributed by atoms with E-state index < -0.39 is 10.0 Å². The number of anilines is 1. The van der Waals surface area contributed by atoms with Gasteiger partial charge in [0.2, 0.25) is 10.0 Å². The second kappa shape index (κ2) is 6.94. The lowest BCUT2D eigenvalue weighted by molar-refractivity contribution is 0.0954. The Bertz CT molecular complexity index is 1120. The van der Waals surface area contributed by atoms with Gasteiger partial charge in [-0.1, -0.05) is 12.1 Å². The van der Waals surface area contributed by atoms with Crippen molar-refractivity contribution >= 4 is 32.7 Å². The molecule has 1 unspecified atom stereocenters. The third-order valence-electron chi connectivity index (χ3n) is 4.94. The summed E-state index contributed by atoms with van der Waals surface area (Å²) in [7, 11) is -3.33. The molecular formula is C20H22N4O3S. The maximum atomic E-state index is 12.5. The zero-order valence-corrected chi connectivity index (χ0v) is 16.6. The van der Waals surface area contributed by atoms with Crippen LogP contribution in [0, 0.1) is 0 Å². The predicted octanol–water partition coefficient (Wildman–Crippen LogP) is 2.25. The fraction of sp³-hybridized carbons (Fsp3) is 0.300. The highest BCUT2D eigenvalue weighted by Crippen LogP contribution is 2.34. The molecule has 8 heteroatoms. The number of para-hydroxylation sites is 2. The third kappa shape index (κ3) is 3.47. The number of imidazole rings is 1. The molecule has 4 rings (SSSR count). The fourth-order valence-electron chi connectivity index (χ4n) is 3.77. The van der Waals surface area contributed by atoms with Gasteiger partial charge in [0.05, 0.1) is 23.0 Å². The number of aromatic nitrogens is 2. The highest BCUT2D eigenvalue weighted by molar-refractivity contribution is 7.92. The van der Waals surface area contributed by atoms with Crippen LogP contribution in [0.5, 0.6) is 0 Å². The summed E-state index contributed by atoms with van der Waals surface area (Å²) in [5.41, 5.74) is 3.96. The molecule has 146 valence electrons. The summed E-state index contributed by atoms with van der Waals surface area (Å²) in [6.45, 7) is 2.33. The van der Waals surface area contributed by atoms with Gasteiger partial charge < -0.3 is 10.3 Å². The Morgan fingerprint density at radius 2 is 2.07 bits per heavy atom. The number of carbonyl (C=O) groups excluding carboxylic acids is 1. The summed E-state index contributed by atoms with van der Waals surface area (Å²) in [6, 6.07) is 12.8. The molecule has 1 aromatic heterocycles. The van der Waals surface area contributed by atoms with Crippen molar-refractivity contribution < 1.29 is 13.2 Å². The summed E-state index contributed by atoms with van der Waals surface area (Å²) < 4.78 is 25.4. The minimum absolute atomic E-state index is 0.142. The van der Waals surface area contributed by atoms with Gasteiger partial charge in [0.25, 0.3) is 5.91 Å². The van der Waals surface area contributed by atoms with Crippen LogP contribution in [0.1, 0.15) is 28.7 Å². The van der Waals surface area contributed by atoms with Gasteiger partial charge in [0, 0.05) is 24.6 Å². The van der Waals surface area contributed by atoms with Crippen LogP contribution in [0.2, 0.25) is 0 Å². The highest BCUT2D eigenvalue weighted by atomic mass is 32.2. The molecule has 0 aliphatic carbocycles. The first-order chi connectivity index (χ1) is 13.3. The Hall–Kier alpha value is -2.87. The van der Waals surface area contributed by atoms with Crippen LogP contribution < -0.4 is 9.62 Å². The fourth-order valence-corrected chi connectivity index (χ4v) is 5.03. The molecule has 0 bridgehead atoms. The Kier molecular flexibility index (Phi) is 4.58. The molecule has 3 aromatic rings. The van der Waals surface area contributed by atoms with Crippen molar-refractivity contribution in [3.05, 3.63) is 59.4 Å². The average molecular weight is 398 g/mol. The number of benzene rings is 2. The predicted molar refractivity (Wildman–Crippen MR) is 109 cm³/mol. The number of carbonyl (C=O) groups is 1. The first-order valence-electron chi connectivity index (χ1n) is 9.17. The monoisotopic (exact) mass is 398 g/mol. The summed E-state index contributed by atoms with van der Waals surface area (Å²) in [6.07, 6.45) is 2.41. The zero-order chi connectivity index (χ0) is 19.9. The Labute approximate surface area is 163 Å². The number of nitrogens with zero attached hydrogens (tertiary/aromatic N) is 2. The van der Waals surface area contributed by atoms with Crippen LogP contribution in [0.4, 0.5) is 5.69 Å². The quantitative estimate of drug-likeness (QED) is 0.689. The number of amides is 1. The van der Waals surface area contributed by atoms with Crippen molar-refractivity contribution in [2.45, 2.75) is 25.8 Å². The van der Waals surface area contributed by atoms with E-state index in [0.29, 0.717) is 30.6 Å². The second-order valence-corrected chi connectivity index (χ2v) is 9.02. The van der Waals surface area contributed by atoms with E-state index in [9.17, 15) is 13.2 Å². The number of sulfonamides is 1. The number of rotatable bonds is 5. The molecule has 0 saturated heterocycles. The van der Waals surface area contributed by atoms with Gasteiger partial charge in [-0.3, -0.25) is 9.10 Å². The first-order valence-corrected chi connectivity index (χ1v) is 11.0.